The molecule has 6 heteroatoms. The number of rotatable bonds is 3. The lowest BCUT2D eigenvalue weighted by Gasteiger charge is -2.33. The van der Waals surface area contributed by atoms with E-state index in [4.69, 9.17) is 0 Å². The highest BCUT2D eigenvalue weighted by molar-refractivity contribution is 5.52. The molecule has 0 amide bonds. The smallest absolute Gasteiger partial charge is 0.207 e. The molecule has 2 heterocycles. The minimum absolute atomic E-state index is 0.399. The van der Waals surface area contributed by atoms with Crippen molar-refractivity contribution >= 4 is 5.82 Å². The fraction of sp³-hybridized carbons (Fsp3) is 0.471. The lowest BCUT2D eigenvalue weighted by Crippen LogP contribution is -2.46. The standard InChI is InChI=1S/C17H22N6/c1-4-21-8-10-22(11-9-21)17-15(12-18)19-23(20-17)16-7-5-6-13(2)14(16)3/h5-7H,4,8-11H2,1-3H3. The average molecular weight is 310 g/mol. The summed E-state index contributed by atoms with van der Waals surface area (Å²) in [4.78, 5) is 6.17. The van der Waals surface area contributed by atoms with E-state index in [1.165, 1.54) is 5.56 Å². The molecule has 0 spiro atoms. The van der Waals surface area contributed by atoms with E-state index >= 15 is 0 Å². The Balaban J connectivity index is 1.93. The molecule has 0 N–H and O–H groups in total. The van der Waals surface area contributed by atoms with Gasteiger partial charge in [0.05, 0.1) is 5.69 Å². The molecule has 1 aromatic carbocycles. The number of hydrogen-bond acceptors (Lipinski definition) is 5. The Morgan fingerprint density at radius 2 is 1.87 bits per heavy atom. The predicted molar refractivity (Wildman–Crippen MR) is 89.9 cm³/mol. The highest BCUT2D eigenvalue weighted by atomic mass is 15.5. The third kappa shape index (κ3) is 2.92. The second-order valence-electron chi connectivity index (χ2n) is 5.91. The second-order valence-corrected chi connectivity index (χ2v) is 5.91. The summed E-state index contributed by atoms with van der Waals surface area (Å²) in [5.74, 6) is 0.698. The molecule has 6 nitrogen and oxygen atoms in total. The third-order valence-corrected chi connectivity index (χ3v) is 4.61. The zero-order valence-corrected chi connectivity index (χ0v) is 14.0. The van der Waals surface area contributed by atoms with Gasteiger partial charge in [0, 0.05) is 26.2 Å². The minimum Gasteiger partial charge on any atom is -0.350 e. The number of piperazine rings is 1. The minimum atomic E-state index is 0.399. The summed E-state index contributed by atoms with van der Waals surface area (Å²) in [5, 5.41) is 18.5. The molecule has 0 atom stereocenters. The summed E-state index contributed by atoms with van der Waals surface area (Å²) in [6, 6.07) is 8.24. The van der Waals surface area contributed by atoms with Gasteiger partial charge in [0.2, 0.25) is 5.69 Å². The topological polar surface area (TPSA) is 61.0 Å². The first kappa shape index (κ1) is 15.5. The van der Waals surface area contributed by atoms with Crippen LogP contribution in [0.15, 0.2) is 18.2 Å². The number of nitriles is 1. The molecule has 0 unspecified atom stereocenters. The Morgan fingerprint density at radius 1 is 1.13 bits per heavy atom. The van der Waals surface area contributed by atoms with Crippen LogP contribution in [0.2, 0.25) is 0 Å². The molecule has 1 aliphatic heterocycles. The van der Waals surface area contributed by atoms with Gasteiger partial charge in [-0.1, -0.05) is 19.1 Å². The van der Waals surface area contributed by atoms with E-state index in [2.05, 4.69) is 52.9 Å². The number of anilines is 1. The number of benzene rings is 1. The number of hydrogen-bond donors (Lipinski definition) is 0. The van der Waals surface area contributed by atoms with Crippen LogP contribution in [0.1, 0.15) is 23.7 Å². The van der Waals surface area contributed by atoms with Gasteiger partial charge in [-0.2, -0.15) is 5.26 Å². The maximum atomic E-state index is 9.43. The molecule has 1 fully saturated rings. The molecule has 23 heavy (non-hydrogen) atoms. The van der Waals surface area contributed by atoms with Crippen molar-refractivity contribution in [1.29, 1.82) is 5.26 Å². The first-order valence-electron chi connectivity index (χ1n) is 8.05. The van der Waals surface area contributed by atoms with E-state index in [1.807, 2.05) is 12.1 Å². The van der Waals surface area contributed by atoms with Crippen LogP contribution < -0.4 is 4.90 Å². The average Bonchev–Trinajstić information content (AvgIpc) is 3.01. The SMILES string of the molecule is CCN1CCN(c2nn(-c3cccc(C)c3C)nc2C#N)CC1. The lowest BCUT2D eigenvalue weighted by molar-refractivity contribution is 0.270. The Morgan fingerprint density at radius 3 is 2.52 bits per heavy atom. The number of nitrogens with zero attached hydrogens (tertiary/aromatic N) is 6. The fourth-order valence-corrected chi connectivity index (χ4v) is 2.92. The largest absolute Gasteiger partial charge is 0.350 e. The molecule has 3 rings (SSSR count). The molecule has 1 aliphatic rings. The van der Waals surface area contributed by atoms with Crippen molar-refractivity contribution in [3.8, 4) is 11.8 Å². The van der Waals surface area contributed by atoms with Crippen LogP contribution in [-0.2, 0) is 0 Å². The van der Waals surface area contributed by atoms with E-state index in [9.17, 15) is 5.26 Å². The summed E-state index contributed by atoms with van der Waals surface area (Å²) in [7, 11) is 0. The van der Waals surface area contributed by atoms with Crippen molar-refractivity contribution in [2.24, 2.45) is 0 Å². The van der Waals surface area contributed by atoms with Crippen molar-refractivity contribution in [1.82, 2.24) is 19.9 Å². The molecular formula is C17H22N6. The predicted octanol–water partition coefficient (Wildman–Crippen LogP) is 1.90. The first-order chi connectivity index (χ1) is 11.1. The number of likely N-dealkylation sites (N-methyl/N-ethyl adjacent to an activating group) is 1. The van der Waals surface area contributed by atoms with Gasteiger partial charge in [-0.25, -0.2) is 0 Å². The Hall–Kier alpha value is -2.39. The Labute approximate surface area is 136 Å². The van der Waals surface area contributed by atoms with Gasteiger partial charge in [0.15, 0.2) is 5.82 Å². The highest BCUT2D eigenvalue weighted by Crippen LogP contribution is 2.21. The number of aromatic nitrogens is 3. The molecule has 0 saturated carbocycles. The van der Waals surface area contributed by atoms with Crippen molar-refractivity contribution < 1.29 is 0 Å². The monoisotopic (exact) mass is 310 g/mol. The summed E-state index contributed by atoms with van der Waals surface area (Å²) in [6.07, 6.45) is 0. The zero-order valence-electron chi connectivity index (χ0n) is 14.0. The molecule has 0 bridgehead atoms. The van der Waals surface area contributed by atoms with Crippen LogP contribution in [0.25, 0.3) is 5.69 Å². The van der Waals surface area contributed by atoms with E-state index < -0.39 is 0 Å². The fourth-order valence-electron chi connectivity index (χ4n) is 2.92. The Bertz CT molecular complexity index is 734. The van der Waals surface area contributed by atoms with Gasteiger partial charge >= 0.3 is 0 Å². The summed E-state index contributed by atoms with van der Waals surface area (Å²) in [6.45, 7) is 11.1. The van der Waals surface area contributed by atoms with Crippen LogP contribution in [-0.4, -0.2) is 52.6 Å². The van der Waals surface area contributed by atoms with Crippen LogP contribution in [0.3, 0.4) is 0 Å². The van der Waals surface area contributed by atoms with Crippen molar-refractivity contribution in [3.63, 3.8) is 0 Å². The van der Waals surface area contributed by atoms with Gasteiger partial charge < -0.3 is 9.80 Å². The van der Waals surface area contributed by atoms with Crippen LogP contribution in [0.5, 0.6) is 0 Å². The van der Waals surface area contributed by atoms with Gasteiger partial charge in [0.25, 0.3) is 0 Å². The van der Waals surface area contributed by atoms with E-state index in [0.717, 1.165) is 44.0 Å². The van der Waals surface area contributed by atoms with Gasteiger partial charge in [0.1, 0.15) is 6.07 Å². The zero-order chi connectivity index (χ0) is 16.4. The maximum absolute atomic E-state index is 9.43. The van der Waals surface area contributed by atoms with Crippen molar-refractivity contribution in [2.45, 2.75) is 20.8 Å². The molecule has 2 aromatic rings. The summed E-state index contributed by atoms with van der Waals surface area (Å²) < 4.78 is 0. The second kappa shape index (κ2) is 6.39. The van der Waals surface area contributed by atoms with E-state index in [-0.39, 0.29) is 0 Å². The molecule has 120 valence electrons. The van der Waals surface area contributed by atoms with Crippen molar-refractivity contribution in [2.75, 3.05) is 37.6 Å². The first-order valence-corrected chi connectivity index (χ1v) is 8.05. The van der Waals surface area contributed by atoms with Crippen molar-refractivity contribution in [3.05, 3.63) is 35.0 Å². The summed E-state index contributed by atoms with van der Waals surface area (Å²) >= 11 is 0. The van der Waals surface area contributed by atoms with Gasteiger partial charge in [-0.05, 0) is 37.6 Å². The van der Waals surface area contributed by atoms with Gasteiger partial charge in [-0.3, -0.25) is 0 Å². The number of aryl methyl sites for hydroxylation is 1. The van der Waals surface area contributed by atoms with Crippen LogP contribution >= 0.6 is 0 Å². The Kier molecular flexibility index (Phi) is 4.30. The van der Waals surface area contributed by atoms with Gasteiger partial charge in [-0.15, -0.1) is 15.0 Å². The maximum Gasteiger partial charge on any atom is 0.207 e. The quantitative estimate of drug-likeness (QED) is 0.866. The molecule has 0 radical (unpaired) electrons. The van der Waals surface area contributed by atoms with E-state index in [1.54, 1.807) is 4.80 Å². The molecule has 0 aliphatic carbocycles. The summed E-state index contributed by atoms with van der Waals surface area (Å²) in [5.41, 5.74) is 3.65. The van der Waals surface area contributed by atoms with Crippen LogP contribution in [0, 0.1) is 25.2 Å². The highest BCUT2D eigenvalue weighted by Gasteiger charge is 2.23. The normalized spacial score (nSPS) is 15.7. The van der Waals surface area contributed by atoms with Crippen LogP contribution in [0.4, 0.5) is 5.82 Å². The molecule has 1 saturated heterocycles. The lowest BCUT2D eigenvalue weighted by atomic mass is 10.1. The molecular weight excluding hydrogens is 288 g/mol. The van der Waals surface area contributed by atoms with E-state index in [0.29, 0.717) is 11.5 Å². The third-order valence-electron chi connectivity index (χ3n) is 4.61. The molecule has 1 aromatic heterocycles.